The number of thioether (sulfide) groups is 1. The number of aliphatic hydroxyl groups excluding tert-OH is 1. The first-order chi connectivity index (χ1) is 7.27. The van der Waals surface area contributed by atoms with Crippen LogP contribution in [-0.2, 0) is 0 Å². The molecule has 4 heteroatoms. The highest BCUT2D eigenvalue weighted by Crippen LogP contribution is 2.21. The first-order valence-corrected chi connectivity index (χ1v) is 6.18. The van der Waals surface area contributed by atoms with Crippen LogP contribution < -0.4 is 4.74 Å². The number of aromatic nitrogens is 1. The third-order valence-electron chi connectivity index (χ3n) is 1.98. The topological polar surface area (TPSA) is 42.4 Å². The van der Waals surface area contributed by atoms with Gasteiger partial charge in [-0.05, 0) is 18.2 Å². The van der Waals surface area contributed by atoms with Crippen LogP contribution in [-0.4, -0.2) is 28.7 Å². The second-order valence-electron chi connectivity index (χ2n) is 3.25. The molecule has 0 saturated heterocycles. The van der Waals surface area contributed by atoms with Crippen LogP contribution in [0.2, 0.25) is 0 Å². The molecule has 0 spiro atoms. The number of nitrogens with zero attached hydrogens (tertiary/aromatic N) is 1. The Balaban J connectivity index is 2.52. The van der Waals surface area contributed by atoms with Crippen molar-refractivity contribution < 1.29 is 9.84 Å². The molecule has 0 amide bonds. The van der Waals surface area contributed by atoms with Gasteiger partial charge in [0.05, 0.1) is 19.4 Å². The maximum atomic E-state index is 9.85. The molecule has 15 heavy (non-hydrogen) atoms. The van der Waals surface area contributed by atoms with Gasteiger partial charge in [-0.3, -0.25) is 4.98 Å². The summed E-state index contributed by atoms with van der Waals surface area (Å²) in [6, 6.07) is 1.82. The molecule has 1 unspecified atom stereocenters. The number of hydrogen-bond acceptors (Lipinski definition) is 4. The Labute approximate surface area is 94.9 Å². The van der Waals surface area contributed by atoms with Crippen molar-refractivity contribution in [1.82, 2.24) is 4.98 Å². The van der Waals surface area contributed by atoms with Crippen LogP contribution in [0.5, 0.6) is 5.75 Å². The van der Waals surface area contributed by atoms with Gasteiger partial charge in [0.1, 0.15) is 5.75 Å². The van der Waals surface area contributed by atoms with Crippen molar-refractivity contribution in [2.24, 2.45) is 0 Å². The molecule has 1 heterocycles. The lowest BCUT2D eigenvalue weighted by Gasteiger charge is -2.10. The Morgan fingerprint density at radius 3 is 3.00 bits per heavy atom. The van der Waals surface area contributed by atoms with Gasteiger partial charge in [0.25, 0.3) is 0 Å². The molecule has 1 N–H and O–H groups in total. The Bertz CT molecular complexity index is 294. The van der Waals surface area contributed by atoms with E-state index in [2.05, 4.69) is 11.9 Å². The highest BCUT2D eigenvalue weighted by molar-refractivity contribution is 7.99. The first kappa shape index (κ1) is 12.3. The molecule has 1 aromatic heterocycles. The molecule has 1 atom stereocenters. The number of hydrogen-bond donors (Lipinski definition) is 1. The number of pyridine rings is 1. The summed E-state index contributed by atoms with van der Waals surface area (Å²) in [5.74, 6) is 2.48. The van der Waals surface area contributed by atoms with Crippen molar-refractivity contribution in [2.75, 3.05) is 18.6 Å². The largest absolute Gasteiger partial charge is 0.495 e. The summed E-state index contributed by atoms with van der Waals surface area (Å²) in [6.07, 6.45) is 3.99. The van der Waals surface area contributed by atoms with Crippen molar-refractivity contribution in [1.29, 1.82) is 0 Å². The SMILES string of the molecule is CCCSCC(O)c1cncc(OC)c1. The summed E-state index contributed by atoms with van der Waals surface area (Å²) >= 11 is 1.75. The third-order valence-corrected chi connectivity index (χ3v) is 3.23. The maximum absolute atomic E-state index is 9.85. The average Bonchev–Trinajstić information content (AvgIpc) is 2.29. The zero-order valence-corrected chi connectivity index (χ0v) is 9.96. The van der Waals surface area contributed by atoms with Crippen LogP contribution in [0.25, 0.3) is 0 Å². The molecular formula is C11H17NO2S. The Morgan fingerprint density at radius 1 is 1.53 bits per heavy atom. The smallest absolute Gasteiger partial charge is 0.137 e. The Kier molecular flexibility index (Phi) is 5.50. The van der Waals surface area contributed by atoms with E-state index in [1.807, 2.05) is 6.07 Å². The van der Waals surface area contributed by atoms with Crippen LogP contribution >= 0.6 is 11.8 Å². The van der Waals surface area contributed by atoms with E-state index in [1.165, 1.54) is 0 Å². The molecule has 3 nitrogen and oxygen atoms in total. The van der Waals surface area contributed by atoms with Gasteiger partial charge >= 0.3 is 0 Å². The minimum Gasteiger partial charge on any atom is -0.495 e. The predicted molar refractivity (Wildman–Crippen MR) is 63.4 cm³/mol. The summed E-state index contributed by atoms with van der Waals surface area (Å²) in [4.78, 5) is 4.01. The normalized spacial score (nSPS) is 12.5. The van der Waals surface area contributed by atoms with Crippen LogP contribution in [0.1, 0.15) is 25.0 Å². The summed E-state index contributed by atoms with van der Waals surface area (Å²) in [6.45, 7) is 2.13. The lowest BCUT2D eigenvalue weighted by Crippen LogP contribution is -2.02. The summed E-state index contributed by atoms with van der Waals surface area (Å²) in [5.41, 5.74) is 0.818. The van der Waals surface area contributed by atoms with Gasteiger partial charge in [-0.25, -0.2) is 0 Å². The minimum atomic E-state index is -0.454. The molecule has 0 saturated carbocycles. The van der Waals surface area contributed by atoms with E-state index in [0.29, 0.717) is 11.5 Å². The van der Waals surface area contributed by atoms with Gasteiger partial charge in [-0.2, -0.15) is 11.8 Å². The van der Waals surface area contributed by atoms with E-state index in [9.17, 15) is 5.11 Å². The highest BCUT2D eigenvalue weighted by atomic mass is 32.2. The third kappa shape index (κ3) is 4.10. The average molecular weight is 227 g/mol. The summed E-state index contributed by atoms with van der Waals surface area (Å²) in [5, 5.41) is 9.85. The zero-order chi connectivity index (χ0) is 11.1. The quantitative estimate of drug-likeness (QED) is 0.757. The van der Waals surface area contributed by atoms with Gasteiger partial charge in [0.2, 0.25) is 0 Å². The number of aliphatic hydroxyl groups is 1. The van der Waals surface area contributed by atoms with Crippen molar-refractivity contribution >= 4 is 11.8 Å². The van der Waals surface area contributed by atoms with Crippen LogP contribution in [0, 0.1) is 0 Å². The van der Waals surface area contributed by atoms with Gasteiger partial charge in [-0.15, -0.1) is 0 Å². The number of ether oxygens (including phenoxy) is 1. The lowest BCUT2D eigenvalue weighted by atomic mass is 10.2. The van der Waals surface area contributed by atoms with Gasteiger partial charge < -0.3 is 9.84 Å². The zero-order valence-electron chi connectivity index (χ0n) is 9.14. The summed E-state index contributed by atoms with van der Waals surface area (Å²) < 4.78 is 5.05. The lowest BCUT2D eigenvalue weighted by molar-refractivity contribution is 0.203. The fourth-order valence-electron chi connectivity index (χ4n) is 1.16. The maximum Gasteiger partial charge on any atom is 0.137 e. The molecule has 1 rings (SSSR count). The second-order valence-corrected chi connectivity index (χ2v) is 4.40. The molecule has 0 aliphatic heterocycles. The Hall–Kier alpha value is -0.740. The van der Waals surface area contributed by atoms with Crippen molar-refractivity contribution in [2.45, 2.75) is 19.4 Å². The first-order valence-electron chi connectivity index (χ1n) is 5.02. The van der Waals surface area contributed by atoms with E-state index in [4.69, 9.17) is 4.74 Å². The second kappa shape index (κ2) is 6.69. The van der Waals surface area contributed by atoms with E-state index in [-0.39, 0.29) is 0 Å². The Morgan fingerprint density at radius 2 is 2.33 bits per heavy atom. The highest BCUT2D eigenvalue weighted by Gasteiger charge is 2.08. The monoisotopic (exact) mass is 227 g/mol. The molecule has 0 aliphatic rings. The van der Waals surface area contributed by atoms with E-state index in [0.717, 1.165) is 17.7 Å². The molecule has 0 radical (unpaired) electrons. The molecule has 1 aromatic rings. The van der Waals surface area contributed by atoms with Crippen LogP contribution in [0.15, 0.2) is 18.5 Å². The van der Waals surface area contributed by atoms with E-state index < -0.39 is 6.10 Å². The molecule has 84 valence electrons. The van der Waals surface area contributed by atoms with Crippen LogP contribution in [0.3, 0.4) is 0 Å². The molecule has 0 fully saturated rings. The predicted octanol–water partition coefficient (Wildman–Crippen LogP) is 2.27. The van der Waals surface area contributed by atoms with Gasteiger partial charge in [0, 0.05) is 17.5 Å². The minimum absolute atomic E-state index is 0.454. The fraction of sp³-hybridized carbons (Fsp3) is 0.545. The molecule has 0 bridgehead atoms. The fourth-order valence-corrected chi connectivity index (χ4v) is 2.04. The van der Waals surface area contributed by atoms with E-state index >= 15 is 0 Å². The number of rotatable bonds is 6. The van der Waals surface area contributed by atoms with Crippen LogP contribution in [0.4, 0.5) is 0 Å². The molecular weight excluding hydrogens is 210 g/mol. The summed E-state index contributed by atoms with van der Waals surface area (Å²) in [7, 11) is 1.60. The van der Waals surface area contributed by atoms with Crippen molar-refractivity contribution in [3.63, 3.8) is 0 Å². The van der Waals surface area contributed by atoms with Gasteiger partial charge in [-0.1, -0.05) is 6.92 Å². The molecule has 0 aliphatic carbocycles. The standard InChI is InChI=1S/C11H17NO2S/c1-3-4-15-8-11(13)9-5-10(14-2)7-12-6-9/h5-7,11,13H,3-4,8H2,1-2H3. The van der Waals surface area contributed by atoms with Crippen molar-refractivity contribution in [3.05, 3.63) is 24.0 Å². The van der Waals surface area contributed by atoms with E-state index in [1.54, 1.807) is 31.3 Å². The number of methoxy groups -OCH3 is 1. The van der Waals surface area contributed by atoms with Gasteiger partial charge in [0.15, 0.2) is 0 Å². The molecule has 0 aromatic carbocycles. The van der Waals surface area contributed by atoms with Crippen molar-refractivity contribution in [3.8, 4) is 5.75 Å².